The van der Waals surface area contributed by atoms with Crippen molar-refractivity contribution in [2.45, 2.75) is 19.3 Å². The Labute approximate surface area is 173 Å². The second-order valence-corrected chi connectivity index (χ2v) is 7.74. The van der Waals surface area contributed by atoms with E-state index in [1.165, 1.54) is 20.2 Å². The second kappa shape index (κ2) is 7.19. The third-order valence-corrected chi connectivity index (χ3v) is 5.65. The number of fused-ring (bicyclic) bond motifs is 1. The van der Waals surface area contributed by atoms with Crippen molar-refractivity contribution in [1.82, 2.24) is 9.13 Å². The number of nitriles is 1. The van der Waals surface area contributed by atoms with Crippen molar-refractivity contribution in [1.29, 1.82) is 5.26 Å². The number of nitrogens with two attached hydrogens (primary N) is 1. The summed E-state index contributed by atoms with van der Waals surface area (Å²) in [5, 5.41) is 9.58. The number of carbonyl (C=O) groups is 1. The summed E-state index contributed by atoms with van der Waals surface area (Å²) in [5.74, 6) is -1.09. The van der Waals surface area contributed by atoms with Crippen molar-refractivity contribution in [3.8, 4) is 6.07 Å². The smallest absolute Gasteiger partial charge is 0.332 e. The predicted octanol–water partition coefficient (Wildman–Crippen LogP) is 1.61. The summed E-state index contributed by atoms with van der Waals surface area (Å²) in [6, 6.07) is 9.82. The molecule has 3 rings (SSSR count). The van der Waals surface area contributed by atoms with Gasteiger partial charge in [0.1, 0.15) is 23.0 Å². The highest BCUT2D eigenvalue weighted by Gasteiger charge is 2.37. The number of benzene rings is 1. The second-order valence-electron chi connectivity index (χ2n) is 7.74. The number of hydrogen-bond acceptors (Lipinski definition) is 6. The van der Waals surface area contributed by atoms with Crippen LogP contribution in [0.1, 0.15) is 29.8 Å². The number of allylic oxidation sites excluding steroid dienone is 4. The third-order valence-electron chi connectivity index (χ3n) is 5.65. The number of carbonyl (C=O) groups excluding carboxylic acids is 1. The normalized spacial score (nSPS) is 16.5. The van der Waals surface area contributed by atoms with Gasteiger partial charge in [-0.2, -0.15) is 5.26 Å². The molecule has 2 heterocycles. The van der Waals surface area contributed by atoms with Gasteiger partial charge in [0.2, 0.25) is 5.78 Å². The first-order valence-corrected chi connectivity index (χ1v) is 9.30. The molecule has 1 aliphatic heterocycles. The van der Waals surface area contributed by atoms with E-state index < -0.39 is 22.6 Å². The van der Waals surface area contributed by atoms with Crippen LogP contribution in [0.25, 0.3) is 0 Å². The standard InChI is InChI=1S/C22H23N5O3/c1-22(2)14-8-6-7-9-15(14)25(3)16(22)11-10-13(12-23)18(28)17-19(24)26(4)21(30)27(5)20(17)29/h6-11H,24H2,1-5H3/b13-10+,16-11-. The number of aromatic nitrogens is 2. The Bertz CT molecular complexity index is 1290. The average Bonchev–Trinajstić information content (AvgIpc) is 2.92. The molecule has 2 N–H and O–H groups in total. The third kappa shape index (κ3) is 2.95. The number of likely N-dealkylation sites (N-methyl/N-ethyl adjacent to an activating group) is 1. The van der Waals surface area contributed by atoms with Gasteiger partial charge in [0.05, 0.1) is 0 Å². The first-order valence-electron chi connectivity index (χ1n) is 9.30. The van der Waals surface area contributed by atoms with Crippen LogP contribution >= 0.6 is 0 Å². The number of rotatable bonds is 3. The van der Waals surface area contributed by atoms with Crippen LogP contribution in [0.5, 0.6) is 0 Å². The zero-order chi connectivity index (χ0) is 22.4. The van der Waals surface area contributed by atoms with E-state index in [9.17, 15) is 19.6 Å². The summed E-state index contributed by atoms with van der Waals surface area (Å²) in [7, 11) is 4.53. The molecule has 1 aromatic heterocycles. The van der Waals surface area contributed by atoms with Crippen LogP contribution in [0.2, 0.25) is 0 Å². The zero-order valence-electron chi connectivity index (χ0n) is 17.6. The molecule has 1 aliphatic rings. The van der Waals surface area contributed by atoms with Gasteiger partial charge in [-0.25, -0.2) is 4.79 Å². The minimum absolute atomic E-state index is 0.245. The lowest BCUT2D eigenvalue weighted by Crippen LogP contribution is -2.41. The lowest BCUT2D eigenvalue weighted by atomic mass is 9.83. The monoisotopic (exact) mass is 405 g/mol. The van der Waals surface area contributed by atoms with Gasteiger partial charge in [0.25, 0.3) is 5.56 Å². The van der Waals surface area contributed by atoms with Gasteiger partial charge in [-0.15, -0.1) is 0 Å². The fraction of sp³-hybridized carbons (Fsp3) is 0.273. The maximum absolute atomic E-state index is 13.0. The quantitative estimate of drug-likeness (QED) is 0.471. The topological polar surface area (TPSA) is 114 Å². The number of nitrogens with zero attached hydrogens (tertiary/aromatic N) is 4. The molecule has 0 saturated carbocycles. The first-order chi connectivity index (χ1) is 14.0. The maximum Gasteiger partial charge on any atom is 0.332 e. The van der Waals surface area contributed by atoms with Gasteiger partial charge in [0, 0.05) is 37.9 Å². The molecule has 154 valence electrons. The molecule has 0 spiro atoms. The van der Waals surface area contributed by atoms with Crippen molar-refractivity contribution >= 4 is 17.3 Å². The van der Waals surface area contributed by atoms with Gasteiger partial charge >= 0.3 is 5.69 Å². The summed E-state index contributed by atoms with van der Waals surface area (Å²) in [6.07, 6.45) is 3.10. The Morgan fingerprint density at radius 3 is 2.37 bits per heavy atom. The maximum atomic E-state index is 13.0. The first kappa shape index (κ1) is 20.9. The van der Waals surface area contributed by atoms with E-state index in [-0.39, 0.29) is 16.8 Å². The Hall–Kier alpha value is -3.86. The summed E-state index contributed by atoms with van der Waals surface area (Å²) in [6.45, 7) is 4.12. The van der Waals surface area contributed by atoms with Gasteiger partial charge in [-0.1, -0.05) is 32.0 Å². The number of para-hydroxylation sites is 1. The van der Waals surface area contributed by atoms with E-state index >= 15 is 0 Å². The molecule has 8 nitrogen and oxygen atoms in total. The summed E-state index contributed by atoms with van der Waals surface area (Å²) < 4.78 is 1.80. The number of Topliss-reactive ketones (excluding diaryl/α,β-unsaturated/α-hetero) is 1. The highest BCUT2D eigenvalue weighted by molar-refractivity contribution is 6.13. The molecule has 1 aromatic carbocycles. The Morgan fingerprint density at radius 1 is 1.13 bits per heavy atom. The van der Waals surface area contributed by atoms with Crippen molar-refractivity contribution in [2.75, 3.05) is 17.7 Å². The SMILES string of the molecule is CN1/C(=C\C=C(/C#N)C(=O)c2c(N)n(C)c(=O)n(C)c2=O)C(C)(C)c2ccccc21. The molecule has 30 heavy (non-hydrogen) atoms. The van der Waals surface area contributed by atoms with Crippen molar-refractivity contribution < 1.29 is 4.79 Å². The Morgan fingerprint density at radius 2 is 1.77 bits per heavy atom. The van der Waals surface area contributed by atoms with Crippen molar-refractivity contribution in [3.63, 3.8) is 0 Å². The largest absolute Gasteiger partial charge is 0.384 e. The fourth-order valence-electron chi connectivity index (χ4n) is 3.84. The molecule has 0 radical (unpaired) electrons. The van der Waals surface area contributed by atoms with E-state index in [1.54, 1.807) is 6.08 Å². The Kier molecular flexibility index (Phi) is 5.00. The highest BCUT2D eigenvalue weighted by atomic mass is 16.2. The number of anilines is 2. The predicted molar refractivity (Wildman–Crippen MR) is 115 cm³/mol. The fourth-order valence-corrected chi connectivity index (χ4v) is 3.84. The van der Waals surface area contributed by atoms with E-state index in [4.69, 9.17) is 5.73 Å². The number of nitrogen functional groups attached to an aromatic ring is 1. The molecule has 8 heteroatoms. The van der Waals surface area contributed by atoms with Gasteiger partial charge in [-0.3, -0.25) is 18.7 Å². The minimum atomic E-state index is -0.833. The van der Waals surface area contributed by atoms with Crippen LogP contribution in [-0.2, 0) is 19.5 Å². The lowest BCUT2D eigenvalue weighted by Gasteiger charge is -2.23. The van der Waals surface area contributed by atoms with Crippen LogP contribution in [0.4, 0.5) is 11.5 Å². The molecule has 0 unspecified atom stereocenters. The molecule has 0 bridgehead atoms. The molecular weight excluding hydrogens is 382 g/mol. The van der Waals surface area contributed by atoms with Gasteiger partial charge in [0.15, 0.2) is 0 Å². The van der Waals surface area contributed by atoms with Crippen LogP contribution in [0, 0.1) is 11.3 Å². The Balaban J connectivity index is 2.11. The zero-order valence-corrected chi connectivity index (χ0v) is 17.6. The van der Waals surface area contributed by atoms with Crippen LogP contribution in [0.15, 0.2) is 57.3 Å². The van der Waals surface area contributed by atoms with E-state index in [0.29, 0.717) is 0 Å². The van der Waals surface area contributed by atoms with E-state index in [0.717, 1.165) is 26.1 Å². The van der Waals surface area contributed by atoms with E-state index in [1.807, 2.05) is 42.3 Å². The molecule has 0 saturated heterocycles. The van der Waals surface area contributed by atoms with Crippen molar-refractivity contribution in [2.24, 2.45) is 14.1 Å². The van der Waals surface area contributed by atoms with Crippen LogP contribution in [0.3, 0.4) is 0 Å². The number of hydrogen-bond donors (Lipinski definition) is 1. The van der Waals surface area contributed by atoms with Crippen molar-refractivity contribution in [3.05, 3.63) is 79.7 Å². The summed E-state index contributed by atoms with van der Waals surface area (Å²) in [4.78, 5) is 39.4. The minimum Gasteiger partial charge on any atom is -0.384 e. The van der Waals surface area contributed by atoms with Crippen LogP contribution in [-0.4, -0.2) is 22.0 Å². The van der Waals surface area contributed by atoms with Gasteiger partial charge < -0.3 is 10.6 Å². The number of ketones is 1. The molecule has 2 aromatic rings. The molecule has 0 atom stereocenters. The molecule has 0 amide bonds. The summed E-state index contributed by atoms with van der Waals surface area (Å²) in [5.41, 5.74) is 6.47. The summed E-state index contributed by atoms with van der Waals surface area (Å²) >= 11 is 0. The average molecular weight is 405 g/mol. The van der Waals surface area contributed by atoms with Gasteiger partial charge in [-0.05, 0) is 23.8 Å². The highest BCUT2D eigenvalue weighted by Crippen LogP contribution is 2.46. The van der Waals surface area contributed by atoms with Crippen LogP contribution < -0.4 is 21.9 Å². The molecule has 0 fully saturated rings. The lowest BCUT2D eigenvalue weighted by molar-refractivity contribution is 0.103. The molecule has 0 aliphatic carbocycles. The van der Waals surface area contributed by atoms with E-state index in [2.05, 4.69) is 13.8 Å². The molecular formula is C22H23N5O3.